The molecule has 0 aliphatic heterocycles. The van der Waals surface area contributed by atoms with E-state index in [2.05, 4.69) is 50.7 Å². The fourth-order valence-electron chi connectivity index (χ4n) is 3.90. The molecular formula is C26H44OSSn. The first-order valence-electron chi connectivity index (χ1n) is 12.0. The number of unbranched alkanes of at least 4 members (excludes halogenated alkanes) is 3. The zero-order valence-corrected chi connectivity index (χ0v) is 22.9. The van der Waals surface area contributed by atoms with Crippen LogP contribution in [0.25, 0.3) is 0 Å². The Morgan fingerprint density at radius 2 is 1.52 bits per heavy atom. The summed E-state index contributed by atoms with van der Waals surface area (Å²) >= 11 is 0.234. The molecule has 3 heteroatoms. The molecule has 1 aromatic carbocycles. The van der Waals surface area contributed by atoms with Gasteiger partial charge in [-0.25, -0.2) is 0 Å². The maximum atomic E-state index is 12.1. The molecule has 0 aromatic heterocycles. The number of allylic oxidation sites excluding steroid dienone is 2. The SMILES string of the molecule is CCC[CH2][Sn]([CH2]CCC)([CH2]CCC)[CH2]SCC/C=C/C(=O)CCc1ccccc1. The zero-order valence-electron chi connectivity index (χ0n) is 19.3. The molecule has 0 aliphatic carbocycles. The number of carbonyl (C=O) groups is 1. The third-order valence-electron chi connectivity index (χ3n) is 5.83. The molecule has 0 saturated carbocycles. The molecule has 0 bridgehead atoms. The van der Waals surface area contributed by atoms with Crippen molar-refractivity contribution in [3.63, 3.8) is 0 Å². The van der Waals surface area contributed by atoms with Crippen LogP contribution < -0.4 is 0 Å². The van der Waals surface area contributed by atoms with Gasteiger partial charge in [-0.2, -0.15) is 0 Å². The third kappa shape index (κ3) is 12.9. The van der Waals surface area contributed by atoms with Crippen LogP contribution in [0.15, 0.2) is 42.5 Å². The Balaban J connectivity index is 2.36. The van der Waals surface area contributed by atoms with Crippen molar-refractivity contribution in [3.8, 4) is 0 Å². The normalized spacial score (nSPS) is 12.0. The number of thioether (sulfide) groups is 1. The standard InChI is InChI=1S/C14H17OS.3C4H9.Sn/c1-16-12-6-5-9-14(15)11-10-13-7-3-2-4-8-13;3*1-3-4-2;/h2-5,7-9H,1,6,10-12H2;3*1,3-4H2,2H3;/b9-5+;;;;. The summed E-state index contributed by atoms with van der Waals surface area (Å²) in [6, 6.07) is 10.3. The van der Waals surface area contributed by atoms with Crippen molar-refractivity contribution in [1.29, 1.82) is 0 Å². The molecule has 1 aromatic rings. The van der Waals surface area contributed by atoms with E-state index in [4.69, 9.17) is 0 Å². The molecule has 0 saturated heterocycles. The number of rotatable bonds is 18. The van der Waals surface area contributed by atoms with Crippen molar-refractivity contribution in [2.45, 2.75) is 91.9 Å². The van der Waals surface area contributed by atoms with Gasteiger partial charge < -0.3 is 0 Å². The molecule has 0 heterocycles. The summed E-state index contributed by atoms with van der Waals surface area (Å²) < 4.78 is 6.31. The van der Waals surface area contributed by atoms with Gasteiger partial charge in [-0.1, -0.05) is 6.07 Å². The minimum absolute atomic E-state index is 0.265. The second-order valence-electron chi connectivity index (χ2n) is 8.51. The molecule has 0 aliphatic rings. The van der Waals surface area contributed by atoms with Gasteiger partial charge >= 0.3 is 184 Å². The molecule has 29 heavy (non-hydrogen) atoms. The maximum absolute atomic E-state index is 12.1. The number of ketones is 1. The molecule has 0 N–H and O–H groups in total. The molecule has 0 atom stereocenters. The summed E-state index contributed by atoms with van der Waals surface area (Å²) in [5.41, 5.74) is 1.25. The van der Waals surface area contributed by atoms with Gasteiger partial charge in [0.05, 0.1) is 0 Å². The van der Waals surface area contributed by atoms with E-state index in [0.29, 0.717) is 6.42 Å². The molecule has 0 unspecified atom stereocenters. The number of aryl methyl sites for hydroxylation is 1. The van der Waals surface area contributed by atoms with Crippen LogP contribution in [0.4, 0.5) is 0 Å². The van der Waals surface area contributed by atoms with Gasteiger partial charge in [-0.3, -0.25) is 0 Å². The van der Waals surface area contributed by atoms with E-state index in [1.54, 1.807) is 13.3 Å². The van der Waals surface area contributed by atoms with E-state index < -0.39 is 18.4 Å². The molecule has 0 amide bonds. The van der Waals surface area contributed by atoms with Crippen LogP contribution in [-0.2, 0) is 11.2 Å². The monoisotopic (exact) mass is 524 g/mol. The summed E-state index contributed by atoms with van der Waals surface area (Å²) in [6.07, 6.45) is 14.9. The van der Waals surface area contributed by atoms with Gasteiger partial charge in [0.1, 0.15) is 0 Å². The van der Waals surface area contributed by atoms with E-state index in [1.807, 2.05) is 24.3 Å². The Bertz CT molecular complexity index is 533. The molecule has 0 spiro atoms. The van der Waals surface area contributed by atoms with Crippen LogP contribution in [0.5, 0.6) is 0 Å². The van der Waals surface area contributed by atoms with Crippen LogP contribution in [0, 0.1) is 0 Å². The van der Waals surface area contributed by atoms with Gasteiger partial charge in [0.25, 0.3) is 0 Å². The van der Waals surface area contributed by atoms with Gasteiger partial charge in [-0.05, 0) is 0 Å². The Kier molecular flexibility index (Phi) is 16.1. The Labute approximate surface area is 189 Å². The van der Waals surface area contributed by atoms with E-state index in [9.17, 15) is 4.79 Å². The number of hydrogen-bond acceptors (Lipinski definition) is 2. The van der Waals surface area contributed by atoms with Crippen LogP contribution in [0.1, 0.15) is 77.7 Å². The van der Waals surface area contributed by atoms with Gasteiger partial charge in [0.15, 0.2) is 0 Å². The second kappa shape index (κ2) is 17.5. The summed E-state index contributed by atoms with van der Waals surface area (Å²) in [4.78, 5) is 12.1. The third-order valence-corrected chi connectivity index (χ3v) is 26.3. The van der Waals surface area contributed by atoms with E-state index in [-0.39, 0.29) is 5.78 Å². The van der Waals surface area contributed by atoms with E-state index in [0.717, 1.165) is 12.8 Å². The number of carbonyl (C=O) groups excluding carboxylic acids is 1. The van der Waals surface area contributed by atoms with Crippen molar-refractivity contribution >= 4 is 35.9 Å². The first-order valence-corrected chi connectivity index (χ1v) is 21.2. The van der Waals surface area contributed by atoms with Crippen molar-refractivity contribution in [2.75, 3.05) is 9.52 Å². The molecule has 0 fully saturated rings. The average Bonchev–Trinajstić information content (AvgIpc) is 2.76. The van der Waals surface area contributed by atoms with Gasteiger partial charge in [0.2, 0.25) is 0 Å². The summed E-state index contributed by atoms with van der Waals surface area (Å²) in [6.45, 7) is 7.05. The van der Waals surface area contributed by atoms with E-state index in [1.165, 1.54) is 53.6 Å². The quantitative estimate of drug-likeness (QED) is 0.110. The van der Waals surface area contributed by atoms with Crippen LogP contribution in [0.2, 0.25) is 13.3 Å². The van der Waals surface area contributed by atoms with Crippen LogP contribution in [-0.4, -0.2) is 33.7 Å². The van der Waals surface area contributed by atoms with E-state index >= 15 is 0 Å². The molecule has 1 rings (SSSR count). The van der Waals surface area contributed by atoms with Gasteiger partial charge in [-0.15, -0.1) is 0 Å². The Hall–Kier alpha value is -0.221. The predicted octanol–water partition coefficient (Wildman–Crippen LogP) is 8.26. The van der Waals surface area contributed by atoms with Crippen molar-refractivity contribution in [3.05, 3.63) is 48.0 Å². The Morgan fingerprint density at radius 3 is 2.07 bits per heavy atom. The molecule has 1 nitrogen and oxygen atoms in total. The summed E-state index contributed by atoms with van der Waals surface area (Å²) in [5, 5.41) is 0. The molecular weight excluding hydrogens is 479 g/mol. The first-order chi connectivity index (χ1) is 14.2. The van der Waals surface area contributed by atoms with Crippen LogP contribution >= 0.6 is 11.8 Å². The average molecular weight is 523 g/mol. The predicted molar refractivity (Wildman–Crippen MR) is 136 cm³/mol. The Morgan fingerprint density at radius 1 is 0.931 bits per heavy atom. The molecule has 0 radical (unpaired) electrons. The van der Waals surface area contributed by atoms with Crippen LogP contribution in [0.3, 0.4) is 0 Å². The van der Waals surface area contributed by atoms with Gasteiger partial charge in [0, 0.05) is 0 Å². The van der Waals surface area contributed by atoms with Crippen molar-refractivity contribution in [1.82, 2.24) is 0 Å². The molecule has 164 valence electrons. The van der Waals surface area contributed by atoms with Crippen molar-refractivity contribution < 1.29 is 4.79 Å². The fraction of sp³-hybridized carbons (Fsp3) is 0.654. The number of benzene rings is 1. The minimum atomic E-state index is -1.97. The summed E-state index contributed by atoms with van der Waals surface area (Å²) in [7, 11) is 0. The topological polar surface area (TPSA) is 17.1 Å². The second-order valence-corrected chi connectivity index (χ2v) is 24.9. The fourth-order valence-corrected chi connectivity index (χ4v) is 25.5. The summed E-state index contributed by atoms with van der Waals surface area (Å²) in [5.74, 6) is 1.45. The first kappa shape index (κ1) is 26.8. The van der Waals surface area contributed by atoms with Crippen molar-refractivity contribution in [2.24, 2.45) is 0 Å². The zero-order chi connectivity index (χ0) is 21.2. The number of hydrogen-bond donors (Lipinski definition) is 0.